The maximum absolute atomic E-state index is 6.53. The molecule has 0 aliphatic carbocycles. The fraction of sp³-hybridized carbons (Fsp3) is 0. The van der Waals surface area contributed by atoms with Crippen molar-refractivity contribution in [3.63, 3.8) is 0 Å². The third-order valence-electron chi connectivity index (χ3n) is 12.6. The topological polar surface area (TPSA) is 16.4 Å². The first kappa shape index (κ1) is 37.3. The zero-order valence-electron chi connectivity index (χ0n) is 35.0. The molecule has 0 aliphatic rings. The Morgan fingerprint density at radius 1 is 0.250 bits per heavy atom. The Hall–Kier alpha value is -8.46. The molecular weight excluding hydrogens is 775 g/mol. The number of furan rings is 1. The van der Waals surface area contributed by atoms with E-state index < -0.39 is 0 Å². The van der Waals surface area contributed by atoms with Crippen LogP contribution in [0.4, 0.5) is 17.1 Å². The van der Waals surface area contributed by atoms with Gasteiger partial charge in [-0.3, -0.25) is 0 Å². The number of hydrogen-bond donors (Lipinski definition) is 0. The highest BCUT2D eigenvalue weighted by molar-refractivity contribution is 6.11. The summed E-state index contributed by atoms with van der Waals surface area (Å²) in [5, 5.41) is 7.28. The van der Waals surface area contributed by atoms with Crippen LogP contribution in [-0.2, 0) is 0 Å². The van der Waals surface area contributed by atoms with Crippen LogP contribution < -0.4 is 4.90 Å². The molecule has 1 aromatic heterocycles. The standard InChI is InChI=1S/C62H41NO/c1-4-13-42(14-5-1)51-37-52(43-15-6-2-7-16-43)39-55(38-51)63(53-32-27-44(28-33-53)49-26-25-48-24-23-47-19-10-11-20-56(47)59(48)40-49)54-34-29-45(30-35-54)50-31-36-61-60(41-50)58-22-12-21-57(62(58)64-61)46-17-8-3-9-18-46/h1-41H. The van der Waals surface area contributed by atoms with E-state index in [4.69, 9.17) is 4.42 Å². The van der Waals surface area contributed by atoms with Gasteiger partial charge in [-0.05, 0) is 132 Å². The number of benzene rings is 11. The Labute approximate surface area is 372 Å². The molecule has 0 amide bonds. The summed E-state index contributed by atoms with van der Waals surface area (Å²) in [6.07, 6.45) is 0. The SMILES string of the molecule is c1ccc(-c2cc(-c3ccccc3)cc(N(c3ccc(-c4ccc5ccc6ccccc6c5c4)cc3)c3ccc(-c4ccc5oc6c(-c7ccccc7)cccc6c5c4)cc3)c2)cc1. The van der Waals surface area contributed by atoms with Gasteiger partial charge in [-0.2, -0.15) is 0 Å². The minimum atomic E-state index is 0.887. The number of fused-ring (bicyclic) bond motifs is 6. The summed E-state index contributed by atoms with van der Waals surface area (Å²) in [6, 6.07) is 89.7. The van der Waals surface area contributed by atoms with Crippen molar-refractivity contribution >= 4 is 60.5 Å². The average molecular weight is 816 g/mol. The van der Waals surface area contributed by atoms with E-state index in [0.29, 0.717) is 0 Å². The molecule has 0 saturated heterocycles. The smallest absolute Gasteiger partial charge is 0.143 e. The van der Waals surface area contributed by atoms with Gasteiger partial charge in [0, 0.05) is 33.4 Å². The van der Waals surface area contributed by atoms with Gasteiger partial charge in [0.15, 0.2) is 0 Å². The highest BCUT2D eigenvalue weighted by Gasteiger charge is 2.18. The van der Waals surface area contributed by atoms with Gasteiger partial charge in [0.25, 0.3) is 0 Å². The van der Waals surface area contributed by atoms with Crippen LogP contribution in [0.25, 0.3) is 99.1 Å². The minimum Gasteiger partial charge on any atom is -0.455 e. The van der Waals surface area contributed by atoms with Gasteiger partial charge >= 0.3 is 0 Å². The maximum Gasteiger partial charge on any atom is 0.143 e. The number of anilines is 3. The van der Waals surface area contributed by atoms with Gasteiger partial charge in [0.05, 0.1) is 0 Å². The summed E-state index contributed by atoms with van der Waals surface area (Å²) in [4.78, 5) is 2.39. The van der Waals surface area contributed by atoms with Gasteiger partial charge in [-0.25, -0.2) is 0 Å². The van der Waals surface area contributed by atoms with Crippen LogP contribution in [0.5, 0.6) is 0 Å². The summed E-state index contributed by atoms with van der Waals surface area (Å²) in [7, 11) is 0. The Kier molecular flexibility index (Phi) is 9.20. The van der Waals surface area contributed by atoms with E-state index in [-0.39, 0.29) is 0 Å². The van der Waals surface area contributed by atoms with Crippen LogP contribution in [0.15, 0.2) is 253 Å². The first-order valence-corrected chi connectivity index (χ1v) is 21.9. The van der Waals surface area contributed by atoms with E-state index in [1.807, 2.05) is 6.07 Å². The first-order valence-electron chi connectivity index (χ1n) is 21.9. The lowest BCUT2D eigenvalue weighted by molar-refractivity contribution is 0.670. The van der Waals surface area contributed by atoms with Crippen molar-refractivity contribution in [3.8, 4) is 55.6 Å². The van der Waals surface area contributed by atoms with E-state index >= 15 is 0 Å². The normalized spacial score (nSPS) is 11.4. The lowest BCUT2D eigenvalue weighted by atomic mass is 9.96. The van der Waals surface area contributed by atoms with Crippen molar-refractivity contribution in [1.82, 2.24) is 0 Å². The minimum absolute atomic E-state index is 0.887. The molecule has 1 heterocycles. The molecule has 12 aromatic rings. The summed E-state index contributed by atoms with van der Waals surface area (Å²) < 4.78 is 6.53. The van der Waals surface area contributed by atoms with Crippen molar-refractivity contribution in [2.24, 2.45) is 0 Å². The van der Waals surface area contributed by atoms with Gasteiger partial charge in [0.2, 0.25) is 0 Å². The second kappa shape index (κ2) is 15.8. The van der Waals surface area contributed by atoms with Crippen molar-refractivity contribution in [2.75, 3.05) is 4.90 Å². The fourth-order valence-corrected chi connectivity index (χ4v) is 9.39. The predicted octanol–water partition coefficient (Wildman–Crippen LogP) is 17.7. The van der Waals surface area contributed by atoms with Crippen molar-refractivity contribution in [1.29, 1.82) is 0 Å². The molecule has 0 bridgehead atoms. The molecule has 2 nitrogen and oxygen atoms in total. The molecule has 0 radical (unpaired) electrons. The third-order valence-corrected chi connectivity index (χ3v) is 12.6. The quantitative estimate of drug-likeness (QED) is 0.142. The monoisotopic (exact) mass is 815 g/mol. The molecule has 0 saturated carbocycles. The molecule has 11 aromatic carbocycles. The highest BCUT2D eigenvalue weighted by atomic mass is 16.3. The Bertz CT molecular complexity index is 3570. The van der Waals surface area contributed by atoms with Crippen LogP contribution in [0.1, 0.15) is 0 Å². The second-order valence-corrected chi connectivity index (χ2v) is 16.5. The Morgan fingerprint density at radius 2 is 0.719 bits per heavy atom. The van der Waals surface area contributed by atoms with Crippen molar-refractivity contribution in [2.45, 2.75) is 0 Å². The van der Waals surface area contributed by atoms with Crippen molar-refractivity contribution < 1.29 is 4.42 Å². The van der Waals surface area contributed by atoms with Crippen LogP contribution >= 0.6 is 0 Å². The van der Waals surface area contributed by atoms with E-state index in [9.17, 15) is 0 Å². The lowest BCUT2D eigenvalue weighted by Gasteiger charge is -2.27. The third kappa shape index (κ3) is 6.79. The maximum atomic E-state index is 6.53. The Balaban J connectivity index is 0.968. The second-order valence-electron chi connectivity index (χ2n) is 16.5. The van der Waals surface area contributed by atoms with Crippen LogP contribution in [0, 0.1) is 0 Å². The summed E-state index contributed by atoms with van der Waals surface area (Å²) in [5.41, 5.74) is 16.6. The van der Waals surface area contributed by atoms with Gasteiger partial charge in [0.1, 0.15) is 11.2 Å². The largest absolute Gasteiger partial charge is 0.455 e. The number of nitrogens with zero attached hydrogens (tertiary/aromatic N) is 1. The van der Waals surface area contributed by atoms with Crippen molar-refractivity contribution in [3.05, 3.63) is 249 Å². The van der Waals surface area contributed by atoms with Crippen LogP contribution in [0.2, 0.25) is 0 Å². The molecule has 0 unspecified atom stereocenters. The predicted molar refractivity (Wildman–Crippen MR) is 271 cm³/mol. The highest BCUT2D eigenvalue weighted by Crippen LogP contribution is 2.42. The molecule has 300 valence electrons. The number of rotatable bonds is 8. The van der Waals surface area contributed by atoms with Gasteiger partial charge in [-0.1, -0.05) is 188 Å². The van der Waals surface area contributed by atoms with E-state index in [1.54, 1.807) is 0 Å². The summed E-state index contributed by atoms with van der Waals surface area (Å²) in [5.74, 6) is 0. The molecule has 12 rings (SSSR count). The average Bonchev–Trinajstić information content (AvgIpc) is 3.76. The Morgan fingerprint density at radius 3 is 1.34 bits per heavy atom. The molecule has 0 spiro atoms. The molecule has 0 fully saturated rings. The van der Waals surface area contributed by atoms with Gasteiger partial charge < -0.3 is 9.32 Å². The molecule has 64 heavy (non-hydrogen) atoms. The molecule has 0 aliphatic heterocycles. The molecule has 2 heteroatoms. The first-order chi connectivity index (χ1) is 31.7. The number of hydrogen-bond acceptors (Lipinski definition) is 2. The zero-order valence-corrected chi connectivity index (χ0v) is 35.0. The van der Waals surface area contributed by atoms with Gasteiger partial charge in [-0.15, -0.1) is 0 Å². The molecule has 0 atom stereocenters. The van der Waals surface area contributed by atoms with Crippen LogP contribution in [0.3, 0.4) is 0 Å². The van der Waals surface area contributed by atoms with E-state index in [1.165, 1.54) is 43.8 Å². The van der Waals surface area contributed by atoms with E-state index in [2.05, 4.69) is 248 Å². The van der Waals surface area contributed by atoms with Crippen LogP contribution in [-0.4, -0.2) is 0 Å². The fourth-order valence-electron chi connectivity index (χ4n) is 9.39. The zero-order chi connectivity index (χ0) is 42.4. The van der Waals surface area contributed by atoms with E-state index in [0.717, 1.165) is 72.4 Å². The lowest BCUT2D eigenvalue weighted by Crippen LogP contribution is -2.10. The summed E-state index contributed by atoms with van der Waals surface area (Å²) >= 11 is 0. The summed E-state index contributed by atoms with van der Waals surface area (Å²) in [6.45, 7) is 0. The number of para-hydroxylation sites is 1. The molecule has 0 N–H and O–H groups in total. The molecular formula is C62H41NO.